The van der Waals surface area contributed by atoms with Crippen LogP contribution in [-0.2, 0) is 16.6 Å². The smallest absolute Gasteiger partial charge is 0.264 e. The molecule has 1 aromatic carbocycles. The van der Waals surface area contributed by atoms with Crippen molar-refractivity contribution in [1.29, 1.82) is 0 Å². The van der Waals surface area contributed by atoms with E-state index >= 15 is 0 Å². The Morgan fingerprint density at radius 3 is 2.71 bits per heavy atom. The predicted octanol–water partition coefficient (Wildman–Crippen LogP) is 2.58. The molecule has 112 valence electrons. The summed E-state index contributed by atoms with van der Waals surface area (Å²) < 4.78 is 41.3. The second kappa shape index (κ2) is 6.08. The van der Waals surface area contributed by atoms with Crippen LogP contribution in [0.3, 0.4) is 0 Å². The van der Waals surface area contributed by atoms with Crippen LogP contribution in [0.25, 0.3) is 0 Å². The van der Waals surface area contributed by atoms with Crippen molar-refractivity contribution in [2.45, 2.75) is 18.4 Å². The van der Waals surface area contributed by atoms with E-state index in [0.717, 1.165) is 6.07 Å². The van der Waals surface area contributed by atoms with Crippen molar-refractivity contribution in [2.75, 3.05) is 4.72 Å². The summed E-state index contributed by atoms with van der Waals surface area (Å²) >= 11 is 3.10. The largest absolute Gasteiger partial charge is 0.392 e. The average Bonchev–Trinajstić information content (AvgIpc) is 2.40. The minimum Gasteiger partial charge on any atom is -0.392 e. The fourth-order valence-corrected chi connectivity index (χ4v) is 3.60. The van der Waals surface area contributed by atoms with Gasteiger partial charge in [0.2, 0.25) is 0 Å². The van der Waals surface area contributed by atoms with Crippen molar-refractivity contribution in [3.63, 3.8) is 0 Å². The summed E-state index contributed by atoms with van der Waals surface area (Å²) in [5, 5.41) is 9.07. The normalized spacial score (nSPS) is 11.4. The number of hydrogen-bond acceptors (Lipinski definition) is 4. The molecule has 0 fully saturated rings. The van der Waals surface area contributed by atoms with Crippen LogP contribution in [0.1, 0.15) is 11.3 Å². The Hall–Kier alpha value is -1.51. The molecule has 0 bridgehead atoms. The van der Waals surface area contributed by atoms with Gasteiger partial charge in [0.05, 0.1) is 12.3 Å². The number of sulfonamides is 1. The van der Waals surface area contributed by atoms with Crippen molar-refractivity contribution in [3.05, 3.63) is 52.0 Å². The van der Waals surface area contributed by atoms with Gasteiger partial charge in [-0.05, 0) is 31.2 Å². The summed E-state index contributed by atoms with van der Waals surface area (Å²) in [5.41, 5.74) is 0.809. The van der Waals surface area contributed by atoms with Gasteiger partial charge in [0.15, 0.2) is 0 Å². The molecule has 0 saturated carbocycles. The molecule has 0 amide bonds. The highest BCUT2D eigenvalue weighted by Crippen LogP contribution is 2.26. The number of nitrogens with one attached hydrogen (secondary N) is 1. The van der Waals surface area contributed by atoms with Crippen LogP contribution in [0.15, 0.2) is 39.8 Å². The fraction of sp³-hybridized carbons (Fsp3) is 0.154. The number of pyridine rings is 1. The zero-order valence-corrected chi connectivity index (χ0v) is 13.4. The van der Waals surface area contributed by atoms with Crippen molar-refractivity contribution < 1.29 is 17.9 Å². The van der Waals surface area contributed by atoms with E-state index < -0.39 is 27.3 Å². The highest BCUT2D eigenvalue weighted by molar-refractivity contribution is 9.10. The second-order valence-electron chi connectivity index (χ2n) is 4.33. The maximum atomic E-state index is 14.1. The number of benzene rings is 1. The van der Waals surface area contributed by atoms with Crippen molar-refractivity contribution in [1.82, 2.24) is 4.98 Å². The Morgan fingerprint density at radius 2 is 2.10 bits per heavy atom. The molecule has 2 aromatic rings. The lowest BCUT2D eigenvalue weighted by Gasteiger charge is -2.11. The van der Waals surface area contributed by atoms with E-state index in [1.807, 2.05) is 0 Å². The lowest BCUT2D eigenvalue weighted by molar-refractivity contribution is 0.274. The van der Waals surface area contributed by atoms with Gasteiger partial charge in [0.25, 0.3) is 10.0 Å². The van der Waals surface area contributed by atoms with Crippen LogP contribution < -0.4 is 4.72 Å². The first-order valence-electron chi connectivity index (χ1n) is 5.88. The van der Waals surface area contributed by atoms with Gasteiger partial charge in [-0.2, -0.15) is 0 Å². The van der Waals surface area contributed by atoms with Gasteiger partial charge in [-0.1, -0.05) is 15.9 Å². The van der Waals surface area contributed by atoms with Crippen LogP contribution >= 0.6 is 15.9 Å². The number of aryl methyl sites for hydroxylation is 1. The molecule has 0 aliphatic rings. The maximum absolute atomic E-state index is 14.1. The van der Waals surface area contributed by atoms with E-state index in [9.17, 15) is 12.8 Å². The molecular formula is C13H12BrFN2O3S. The number of hydrogen-bond donors (Lipinski definition) is 2. The third kappa shape index (κ3) is 3.58. The first kappa shape index (κ1) is 15.9. The van der Waals surface area contributed by atoms with Crippen LogP contribution in [0, 0.1) is 12.7 Å². The van der Waals surface area contributed by atoms with E-state index in [2.05, 4.69) is 25.6 Å². The van der Waals surface area contributed by atoms with Gasteiger partial charge in [-0.15, -0.1) is 0 Å². The van der Waals surface area contributed by atoms with Crippen molar-refractivity contribution in [3.8, 4) is 0 Å². The molecule has 21 heavy (non-hydrogen) atoms. The fourth-order valence-electron chi connectivity index (χ4n) is 1.75. The van der Waals surface area contributed by atoms with Gasteiger partial charge < -0.3 is 5.11 Å². The van der Waals surface area contributed by atoms with E-state index in [0.29, 0.717) is 10.2 Å². The highest BCUT2D eigenvalue weighted by Gasteiger charge is 2.22. The summed E-state index contributed by atoms with van der Waals surface area (Å²) in [4.78, 5) is 3.42. The lowest BCUT2D eigenvalue weighted by atomic mass is 10.2. The second-order valence-corrected chi connectivity index (χ2v) is 6.89. The molecule has 0 atom stereocenters. The standard InChI is InChI=1S/C13H12BrFN2O3S/c1-8-4-11(2-3-16-8)17-21(19,20)12-6-10(14)5-9(7-18)13(12)15/h2-6,18H,7H2,1H3,(H,16,17). The molecule has 0 unspecified atom stereocenters. The number of aliphatic hydroxyl groups is 1. The SMILES string of the molecule is Cc1cc(NS(=O)(=O)c2cc(Br)cc(CO)c2F)ccn1. The first-order chi connectivity index (χ1) is 9.83. The minimum absolute atomic E-state index is 0.101. The number of nitrogens with zero attached hydrogens (tertiary/aromatic N) is 1. The minimum atomic E-state index is -4.11. The number of anilines is 1. The topological polar surface area (TPSA) is 79.3 Å². The molecule has 0 saturated heterocycles. The number of rotatable bonds is 4. The summed E-state index contributed by atoms with van der Waals surface area (Å²) in [5.74, 6) is -0.973. The molecule has 0 spiro atoms. The zero-order valence-electron chi connectivity index (χ0n) is 11.0. The third-order valence-electron chi connectivity index (χ3n) is 2.69. The number of aliphatic hydroxyl groups excluding tert-OH is 1. The van der Waals surface area contributed by atoms with Crippen LogP contribution in [-0.4, -0.2) is 18.5 Å². The third-order valence-corrected chi connectivity index (χ3v) is 4.53. The first-order valence-corrected chi connectivity index (χ1v) is 8.15. The highest BCUT2D eigenvalue weighted by atomic mass is 79.9. The van der Waals surface area contributed by atoms with Gasteiger partial charge in [0, 0.05) is 21.9 Å². The van der Waals surface area contributed by atoms with E-state index in [1.165, 1.54) is 24.4 Å². The maximum Gasteiger partial charge on any atom is 0.264 e. The molecule has 0 radical (unpaired) electrons. The predicted molar refractivity (Wildman–Crippen MR) is 79.8 cm³/mol. The van der Waals surface area contributed by atoms with Gasteiger partial charge in [-0.3, -0.25) is 9.71 Å². The molecule has 2 rings (SSSR count). The molecule has 0 aliphatic carbocycles. The van der Waals surface area contributed by atoms with Crippen LogP contribution in [0.5, 0.6) is 0 Å². The Bertz CT molecular complexity index is 781. The van der Waals surface area contributed by atoms with Crippen molar-refractivity contribution >= 4 is 31.6 Å². The van der Waals surface area contributed by atoms with Gasteiger partial charge >= 0.3 is 0 Å². The Balaban J connectivity index is 2.47. The van der Waals surface area contributed by atoms with E-state index in [4.69, 9.17) is 5.11 Å². The molecule has 2 N–H and O–H groups in total. The van der Waals surface area contributed by atoms with Crippen molar-refractivity contribution in [2.24, 2.45) is 0 Å². The Morgan fingerprint density at radius 1 is 1.38 bits per heavy atom. The summed E-state index contributed by atoms with van der Waals surface area (Å²) in [6.45, 7) is 1.11. The number of halogens is 2. The van der Waals surface area contributed by atoms with Crippen LogP contribution in [0.2, 0.25) is 0 Å². The molecule has 1 heterocycles. The van der Waals surface area contributed by atoms with Crippen LogP contribution in [0.4, 0.5) is 10.1 Å². The molecule has 5 nitrogen and oxygen atoms in total. The Labute approximate surface area is 130 Å². The quantitative estimate of drug-likeness (QED) is 0.861. The van der Waals surface area contributed by atoms with E-state index in [1.54, 1.807) is 6.92 Å². The summed E-state index contributed by atoms with van der Waals surface area (Å²) in [6.07, 6.45) is 1.45. The van der Waals surface area contributed by atoms with Gasteiger partial charge in [-0.25, -0.2) is 12.8 Å². The Kier molecular flexibility index (Phi) is 4.60. The molecule has 8 heteroatoms. The zero-order chi connectivity index (χ0) is 15.6. The lowest BCUT2D eigenvalue weighted by Crippen LogP contribution is -2.16. The summed E-state index contributed by atoms with van der Waals surface area (Å²) in [6, 6.07) is 5.46. The summed E-state index contributed by atoms with van der Waals surface area (Å²) in [7, 11) is -4.11. The van der Waals surface area contributed by atoms with E-state index in [-0.39, 0.29) is 11.3 Å². The molecule has 1 aromatic heterocycles. The number of aromatic nitrogens is 1. The average molecular weight is 375 g/mol. The molecule has 0 aliphatic heterocycles. The monoisotopic (exact) mass is 374 g/mol. The molecular weight excluding hydrogens is 363 g/mol. The van der Waals surface area contributed by atoms with Gasteiger partial charge in [0.1, 0.15) is 10.7 Å².